The van der Waals surface area contributed by atoms with Gasteiger partial charge in [-0.3, -0.25) is 4.79 Å². The Hall–Kier alpha value is -2.23. The van der Waals surface area contributed by atoms with Crippen molar-refractivity contribution in [2.45, 2.75) is 19.8 Å². The van der Waals surface area contributed by atoms with Gasteiger partial charge >= 0.3 is 0 Å². The van der Waals surface area contributed by atoms with Gasteiger partial charge in [0.25, 0.3) is 0 Å². The van der Waals surface area contributed by atoms with E-state index in [9.17, 15) is 9.18 Å². The Labute approximate surface area is 129 Å². The number of rotatable bonds is 3. The second-order valence-electron chi connectivity index (χ2n) is 5.77. The zero-order valence-corrected chi connectivity index (χ0v) is 12.6. The summed E-state index contributed by atoms with van der Waals surface area (Å²) in [5.41, 5.74) is 1.61. The molecule has 4 heteroatoms. The highest BCUT2D eigenvalue weighted by Crippen LogP contribution is 2.25. The van der Waals surface area contributed by atoms with Crippen LogP contribution >= 0.6 is 0 Å². The van der Waals surface area contributed by atoms with Gasteiger partial charge in [0.05, 0.1) is 0 Å². The number of nitrogens with zero attached hydrogens (tertiary/aromatic N) is 2. The van der Waals surface area contributed by atoms with Crippen molar-refractivity contribution >= 4 is 11.6 Å². The maximum absolute atomic E-state index is 12.9. The van der Waals surface area contributed by atoms with Crippen LogP contribution in [-0.4, -0.2) is 23.9 Å². The van der Waals surface area contributed by atoms with E-state index in [2.05, 4.69) is 9.88 Å². The molecule has 0 N–H and O–H groups in total. The molecule has 1 aliphatic heterocycles. The van der Waals surface area contributed by atoms with Crippen LogP contribution in [0.4, 0.5) is 10.2 Å². The monoisotopic (exact) mass is 298 g/mol. The van der Waals surface area contributed by atoms with Gasteiger partial charge in [0.15, 0.2) is 5.78 Å². The fraction of sp³-hybridized carbons (Fsp3) is 0.333. The molecule has 114 valence electrons. The third kappa shape index (κ3) is 3.16. The van der Waals surface area contributed by atoms with Crippen molar-refractivity contribution in [1.29, 1.82) is 0 Å². The third-order valence-corrected chi connectivity index (χ3v) is 4.19. The minimum absolute atomic E-state index is 0.0199. The minimum atomic E-state index is -0.308. The number of Topliss-reactive ketones (excluding diaryl/α,β-unsaturated/α-hetero) is 1. The van der Waals surface area contributed by atoms with Crippen molar-refractivity contribution in [2.75, 3.05) is 18.0 Å². The Balaban J connectivity index is 1.64. The molecule has 0 saturated carbocycles. The van der Waals surface area contributed by atoms with Crippen LogP contribution < -0.4 is 4.90 Å². The summed E-state index contributed by atoms with van der Waals surface area (Å²) in [7, 11) is 0. The lowest BCUT2D eigenvalue weighted by Crippen LogP contribution is -2.36. The molecular weight excluding hydrogens is 279 g/mol. The normalized spacial score (nSPS) is 15.8. The van der Waals surface area contributed by atoms with Crippen LogP contribution in [0, 0.1) is 18.7 Å². The molecule has 0 bridgehead atoms. The summed E-state index contributed by atoms with van der Waals surface area (Å²) < 4.78 is 12.9. The Morgan fingerprint density at radius 1 is 1.14 bits per heavy atom. The van der Waals surface area contributed by atoms with Crippen molar-refractivity contribution in [3.8, 4) is 0 Å². The van der Waals surface area contributed by atoms with E-state index in [4.69, 9.17) is 0 Å². The molecule has 1 aliphatic rings. The van der Waals surface area contributed by atoms with E-state index in [-0.39, 0.29) is 17.5 Å². The summed E-state index contributed by atoms with van der Waals surface area (Å²) in [6.45, 7) is 3.64. The first kappa shape index (κ1) is 14.7. The largest absolute Gasteiger partial charge is 0.357 e. The number of piperidine rings is 1. The third-order valence-electron chi connectivity index (χ3n) is 4.19. The fourth-order valence-corrected chi connectivity index (χ4v) is 2.93. The number of aromatic nitrogens is 1. The predicted molar refractivity (Wildman–Crippen MR) is 84.6 cm³/mol. The number of carbonyl (C=O) groups is 1. The maximum Gasteiger partial charge on any atom is 0.166 e. The second-order valence-corrected chi connectivity index (χ2v) is 5.77. The molecule has 0 amide bonds. The predicted octanol–water partition coefficient (Wildman–Crippen LogP) is 3.63. The first-order chi connectivity index (χ1) is 10.6. The van der Waals surface area contributed by atoms with Gasteiger partial charge in [0.2, 0.25) is 0 Å². The molecule has 1 aromatic heterocycles. The van der Waals surface area contributed by atoms with Crippen LogP contribution in [0.3, 0.4) is 0 Å². The number of hydrogen-bond donors (Lipinski definition) is 0. The maximum atomic E-state index is 12.9. The summed E-state index contributed by atoms with van der Waals surface area (Å²) in [6, 6.07) is 11.8. The molecule has 0 radical (unpaired) electrons. The standard InChI is InChI=1S/C18H19FN2O/c1-13-3-2-4-17(20-13)21-11-9-15(10-12-21)18(22)14-5-7-16(19)8-6-14/h2-8,15H,9-12H2,1H3. The number of aryl methyl sites for hydroxylation is 1. The summed E-state index contributed by atoms with van der Waals surface area (Å²) in [5, 5.41) is 0. The zero-order valence-electron chi connectivity index (χ0n) is 12.6. The lowest BCUT2D eigenvalue weighted by atomic mass is 9.89. The Kier molecular flexibility index (Phi) is 4.18. The molecule has 2 aromatic rings. The van der Waals surface area contributed by atoms with E-state index >= 15 is 0 Å². The summed E-state index contributed by atoms with van der Waals surface area (Å²) >= 11 is 0. The van der Waals surface area contributed by atoms with E-state index in [1.807, 2.05) is 25.1 Å². The highest BCUT2D eigenvalue weighted by molar-refractivity contribution is 5.97. The molecule has 0 aliphatic carbocycles. The average molecular weight is 298 g/mol. The SMILES string of the molecule is Cc1cccc(N2CCC(C(=O)c3ccc(F)cc3)CC2)n1. The van der Waals surface area contributed by atoms with Gasteiger partial charge in [-0.1, -0.05) is 6.07 Å². The molecule has 0 unspecified atom stereocenters. The molecule has 1 aromatic carbocycles. The number of carbonyl (C=O) groups excluding carboxylic acids is 1. The van der Waals surface area contributed by atoms with Crippen molar-refractivity contribution in [3.63, 3.8) is 0 Å². The van der Waals surface area contributed by atoms with Crippen LogP contribution in [0.15, 0.2) is 42.5 Å². The van der Waals surface area contributed by atoms with Gasteiger partial charge in [-0.2, -0.15) is 0 Å². The van der Waals surface area contributed by atoms with E-state index in [1.165, 1.54) is 12.1 Å². The Morgan fingerprint density at radius 2 is 1.82 bits per heavy atom. The van der Waals surface area contributed by atoms with Gasteiger partial charge < -0.3 is 4.90 Å². The van der Waals surface area contributed by atoms with Crippen molar-refractivity contribution in [2.24, 2.45) is 5.92 Å². The molecule has 0 spiro atoms. The molecule has 1 fully saturated rings. The van der Waals surface area contributed by atoms with Gasteiger partial charge in [-0.05, 0) is 56.2 Å². The van der Waals surface area contributed by atoms with E-state index in [1.54, 1.807) is 12.1 Å². The molecule has 1 saturated heterocycles. The molecule has 3 rings (SSSR count). The summed E-state index contributed by atoms with van der Waals surface area (Å²) in [5.74, 6) is 0.813. The second kappa shape index (κ2) is 6.26. The summed E-state index contributed by atoms with van der Waals surface area (Å²) in [4.78, 5) is 19.2. The molecular formula is C18H19FN2O. The van der Waals surface area contributed by atoms with Crippen molar-refractivity contribution in [3.05, 3.63) is 59.5 Å². The van der Waals surface area contributed by atoms with Crippen LogP contribution in [0.2, 0.25) is 0 Å². The topological polar surface area (TPSA) is 33.2 Å². The zero-order chi connectivity index (χ0) is 15.5. The number of ketones is 1. The van der Waals surface area contributed by atoms with Crippen LogP contribution in [0.5, 0.6) is 0 Å². The molecule has 2 heterocycles. The number of hydrogen-bond acceptors (Lipinski definition) is 3. The van der Waals surface area contributed by atoms with Crippen LogP contribution in [0.25, 0.3) is 0 Å². The number of pyridine rings is 1. The highest BCUT2D eigenvalue weighted by Gasteiger charge is 2.26. The quantitative estimate of drug-likeness (QED) is 0.811. The van der Waals surface area contributed by atoms with Crippen LogP contribution in [0.1, 0.15) is 28.9 Å². The smallest absolute Gasteiger partial charge is 0.166 e. The number of anilines is 1. The average Bonchev–Trinajstić information content (AvgIpc) is 2.55. The fourth-order valence-electron chi connectivity index (χ4n) is 2.93. The molecule has 3 nitrogen and oxygen atoms in total. The van der Waals surface area contributed by atoms with Gasteiger partial charge in [-0.25, -0.2) is 9.37 Å². The number of halogens is 1. The lowest BCUT2D eigenvalue weighted by molar-refractivity contribution is 0.0900. The van der Waals surface area contributed by atoms with Gasteiger partial charge in [0.1, 0.15) is 11.6 Å². The Bertz CT molecular complexity index is 661. The molecule has 22 heavy (non-hydrogen) atoms. The van der Waals surface area contributed by atoms with Gasteiger partial charge in [0, 0.05) is 30.3 Å². The first-order valence-electron chi connectivity index (χ1n) is 7.62. The summed E-state index contributed by atoms with van der Waals surface area (Å²) in [6.07, 6.45) is 1.62. The van der Waals surface area contributed by atoms with Crippen molar-refractivity contribution in [1.82, 2.24) is 4.98 Å². The number of benzene rings is 1. The minimum Gasteiger partial charge on any atom is -0.357 e. The van der Waals surface area contributed by atoms with E-state index < -0.39 is 0 Å². The van der Waals surface area contributed by atoms with Crippen LogP contribution in [-0.2, 0) is 0 Å². The lowest BCUT2D eigenvalue weighted by Gasteiger charge is -2.32. The van der Waals surface area contributed by atoms with Crippen molar-refractivity contribution < 1.29 is 9.18 Å². The highest BCUT2D eigenvalue weighted by atomic mass is 19.1. The van der Waals surface area contributed by atoms with E-state index in [0.717, 1.165) is 37.4 Å². The molecule has 0 atom stereocenters. The van der Waals surface area contributed by atoms with Gasteiger partial charge in [-0.15, -0.1) is 0 Å². The first-order valence-corrected chi connectivity index (χ1v) is 7.62. The van der Waals surface area contributed by atoms with E-state index in [0.29, 0.717) is 5.56 Å². The Morgan fingerprint density at radius 3 is 2.45 bits per heavy atom.